The van der Waals surface area contributed by atoms with Gasteiger partial charge in [0.25, 0.3) is 5.91 Å². The molecule has 1 saturated heterocycles. The van der Waals surface area contributed by atoms with Crippen LogP contribution in [0.4, 0.5) is 10.2 Å². The fourth-order valence-electron chi connectivity index (χ4n) is 4.92. The van der Waals surface area contributed by atoms with Crippen molar-refractivity contribution in [3.8, 4) is 5.75 Å². The Balaban J connectivity index is 1.28. The highest BCUT2D eigenvalue weighted by Crippen LogP contribution is 2.36. The van der Waals surface area contributed by atoms with Crippen LogP contribution in [-0.2, 0) is 16.0 Å². The van der Waals surface area contributed by atoms with Crippen LogP contribution in [0, 0.1) is 5.82 Å². The maximum absolute atomic E-state index is 15.2. The number of halogens is 3. The van der Waals surface area contributed by atoms with Crippen LogP contribution in [0.1, 0.15) is 23.1 Å². The second kappa shape index (κ2) is 10.4. The molecule has 1 amide bonds. The molecule has 4 aromatic rings. The molecule has 38 heavy (non-hydrogen) atoms. The van der Waals surface area contributed by atoms with Crippen LogP contribution >= 0.6 is 23.2 Å². The predicted molar refractivity (Wildman–Crippen MR) is 139 cm³/mol. The molecule has 196 valence electrons. The van der Waals surface area contributed by atoms with Crippen molar-refractivity contribution in [2.75, 3.05) is 44.4 Å². The van der Waals surface area contributed by atoms with Gasteiger partial charge in [0.05, 0.1) is 29.6 Å². The van der Waals surface area contributed by atoms with Crippen molar-refractivity contribution < 1.29 is 18.7 Å². The molecule has 2 aliphatic heterocycles. The van der Waals surface area contributed by atoms with Crippen LogP contribution in [-0.4, -0.2) is 69.6 Å². The maximum atomic E-state index is 15.2. The Kier molecular flexibility index (Phi) is 6.77. The molecular formula is C26H23Cl2FN6O3. The number of aromatic nitrogens is 4. The third kappa shape index (κ3) is 4.63. The minimum Gasteiger partial charge on any atom is -0.481 e. The van der Waals surface area contributed by atoms with E-state index in [-0.39, 0.29) is 34.1 Å². The van der Waals surface area contributed by atoms with Gasteiger partial charge in [-0.1, -0.05) is 29.3 Å². The number of fused-ring (bicyclic) bond motifs is 3. The quantitative estimate of drug-likeness (QED) is 0.344. The third-order valence-corrected chi connectivity index (χ3v) is 7.18. The molecule has 0 aromatic carbocycles. The Hall–Kier alpha value is -3.47. The van der Waals surface area contributed by atoms with Gasteiger partial charge in [-0.3, -0.25) is 9.78 Å². The van der Waals surface area contributed by atoms with Crippen molar-refractivity contribution in [1.29, 1.82) is 0 Å². The highest BCUT2D eigenvalue weighted by Gasteiger charge is 2.38. The lowest BCUT2D eigenvalue weighted by molar-refractivity contribution is -0.135. The van der Waals surface area contributed by atoms with Crippen LogP contribution in [0.25, 0.3) is 5.65 Å². The second-order valence-electron chi connectivity index (χ2n) is 8.98. The Morgan fingerprint density at radius 1 is 1.13 bits per heavy atom. The summed E-state index contributed by atoms with van der Waals surface area (Å²) < 4.78 is 28.2. The molecule has 1 unspecified atom stereocenters. The minimum absolute atomic E-state index is 0.0870. The molecule has 0 N–H and O–H groups in total. The Labute approximate surface area is 227 Å². The predicted octanol–water partition coefficient (Wildman–Crippen LogP) is 3.96. The number of amides is 1. The number of morpholine rings is 1. The van der Waals surface area contributed by atoms with Gasteiger partial charge in [-0.15, -0.1) is 0 Å². The molecule has 0 saturated carbocycles. The van der Waals surface area contributed by atoms with E-state index in [9.17, 15) is 4.79 Å². The number of nitrogens with zero attached hydrogens (tertiary/aromatic N) is 6. The van der Waals surface area contributed by atoms with Gasteiger partial charge < -0.3 is 23.7 Å². The topological polar surface area (TPSA) is 85.1 Å². The first-order valence-corrected chi connectivity index (χ1v) is 12.9. The zero-order chi connectivity index (χ0) is 26.2. The number of carbonyl (C=O) groups excluding carboxylic acids is 1. The van der Waals surface area contributed by atoms with Crippen molar-refractivity contribution in [2.45, 2.75) is 12.5 Å². The van der Waals surface area contributed by atoms with Gasteiger partial charge in [0.2, 0.25) is 0 Å². The molecule has 12 heteroatoms. The lowest BCUT2D eigenvalue weighted by Crippen LogP contribution is -2.44. The van der Waals surface area contributed by atoms with E-state index >= 15 is 4.39 Å². The van der Waals surface area contributed by atoms with Crippen LogP contribution < -0.4 is 9.64 Å². The van der Waals surface area contributed by atoms with E-state index in [0.717, 1.165) is 24.6 Å². The monoisotopic (exact) mass is 556 g/mol. The first-order valence-electron chi connectivity index (χ1n) is 12.2. The van der Waals surface area contributed by atoms with Crippen molar-refractivity contribution in [2.24, 2.45) is 0 Å². The van der Waals surface area contributed by atoms with Crippen molar-refractivity contribution in [3.05, 3.63) is 81.9 Å². The number of imidazole rings is 1. The van der Waals surface area contributed by atoms with E-state index < -0.39 is 11.9 Å². The lowest BCUT2D eigenvalue weighted by atomic mass is 9.98. The summed E-state index contributed by atoms with van der Waals surface area (Å²) in [7, 11) is 0. The molecule has 1 atom stereocenters. The van der Waals surface area contributed by atoms with Crippen LogP contribution in [0.2, 0.25) is 10.2 Å². The molecule has 6 rings (SSSR count). The molecule has 2 aliphatic rings. The van der Waals surface area contributed by atoms with Gasteiger partial charge in [-0.05, 0) is 30.3 Å². The highest BCUT2D eigenvalue weighted by atomic mass is 35.5. The largest absolute Gasteiger partial charge is 0.481 e. The third-order valence-electron chi connectivity index (χ3n) is 6.70. The van der Waals surface area contributed by atoms with E-state index in [1.165, 1.54) is 12.3 Å². The van der Waals surface area contributed by atoms with Gasteiger partial charge in [0.15, 0.2) is 17.5 Å². The fourth-order valence-corrected chi connectivity index (χ4v) is 5.27. The Morgan fingerprint density at radius 3 is 2.76 bits per heavy atom. The normalized spacial score (nSPS) is 17.5. The van der Waals surface area contributed by atoms with Crippen molar-refractivity contribution in [1.82, 2.24) is 24.3 Å². The Morgan fingerprint density at radius 2 is 1.97 bits per heavy atom. The molecule has 0 radical (unpaired) electrons. The number of hydrogen-bond acceptors (Lipinski definition) is 7. The minimum atomic E-state index is -0.818. The van der Waals surface area contributed by atoms with Crippen LogP contribution in [0.5, 0.6) is 5.75 Å². The van der Waals surface area contributed by atoms with E-state index in [1.54, 1.807) is 17.0 Å². The summed E-state index contributed by atoms with van der Waals surface area (Å²) in [6, 6.07) is 9.48. The van der Waals surface area contributed by atoms with Gasteiger partial charge in [0, 0.05) is 38.4 Å². The average molecular weight is 557 g/mol. The van der Waals surface area contributed by atoms with Crippen LogP contribution in [0.15, 0.2) is 48.8 Å². The summed E-state index contributed by atoms with van der Waals surface area (Å²) in [6.45, 7) is 2.70. The first kappa shape index (κ1) is 24.8. The fraction of sp³-hybridized carbons (Fsp3) is 0.308. The average Bonchev–Trinajstić information content (AvgIpc) is 3.31. The van der Waals surface area contributed by atoms with Gasteiger partial charge >= 0.3 is 0 Å². The Bertz CT molecular complexity index is 1510. The number of hydrogen-bond donors (Lipinski definition) is 0. The number of anilines is 1. The van der Waals surface area contributed by atoms with Crippen molar-refractivity contribution in [3.63, 3.8) is 0 Å². The molecular weight excluding hydrogens is 534 g/mol. The van der Waals surface area contributed by atoms with E-state index in [4.69, 9.17) is 37.7 Å². The summed E-state index contributed by atoms with van der Waals surface area (Å²) in [6.07, 6.45) is 3.72. The molecule has 0 spiro atoms. The first-order chi connectivity index (χ1) is 18.5. The molecule has 4 aromatic heterocycles. The summed E-state index contributed by atoms with van der Waals surface area (Å²) >= 11 is 12.4. The number of ether oxygens (including phenoxy) is 2. The van der Waals surface area contributed by atoms with Gasteiger partial charge in [-0.2, -0.15) is 0 Å². The van der Waals surface area contributed by atoms with E-state index in [2.05, 4.69) is 14.9 Å². The zero-order valence-corrected chi connectivity index (χ0v) is 21.7. The zero-order valence-electron chi connectivity index (χ0n) is 20.2. The number of rotatable bonds is 5. The second-order valence-corrected chi connectivity index (χ2v) is 9.77. The van der Waals surface area contributed by atoms with E-state index in [1.807, 2.05) is 28.8 Å². The van der Waals surface area contributed by atoms with Crippen molar-refractivity contribution >= 4 is 40.6 Å². The highest BCUT2D eigenvalue weighted by molar-refractivity contribution is 6.31. The smallest absolute Gasteiger partial charge is 0.261 e. The molecule has 9 nitrogen and oxygen atoms in total. The summed E-state index contributed by atoms with van der Waals surface area (Å²) in [4.78, 5) is 30.6. The standard InChI is InChI=1S/C26H23Cl2FN6O3/c27-16-13-17(29)23(30-14-16)25-24-18(31-21-3-1-2-7-34(21)24)6-8-35(25)22(36)15-38-19-4-5-20(32-26(19)28)33-9-11-37-12-10-33/h1-5,7,13-14,25H,6,8-12,15H2. The number of pyridine rings is 3. The maximum Gasteiger partial charge on any atom is 0.261 e. The summed E-state index contributed by atoms with van der Waals surface area (Å²) in [5.74, 6) is 0.0521. The van der Waals surface area contributed by atoms with Crippen LogP contribution in [0.3, 0.4) is 0 Å². The van der Waals surface area contributed by atoms with Gasteiger partial charge in [0.1, 0.15) is 29.0 Å². The molecule has 0 aliphatic carbocycles. The SMILES string of the molecule is O=C(COc1ccc(N2CCOCC2)nc1Cl)N1CCc2nc3ccccn3c2C1c1ncc(Cl)cc1F. The molecule has 1 fully saturated rings. The summed E-state index contributed by atoms with van der Waals surface area (Å²) in [5.41, 5.74) is 2.27. The molecule has 0 bridgehead atoms. The lowest BCUT2D eigenvalue weighted by Gasteiger charge is -2.35. The summed E-state index contributed by atoms with van der Waals surface area (Å²) in [5, 5.41) is 0.329. The molecule has 6 heterocycles. The van der Waals surface area contributed by atoms with Gasteiger partial charge in [-0.25, -0.2) is 14.4 Å². The number of carbonyl (C=O) groups is 1. The van der Waals surface area contributed by atoms with E-state index in [0.29, 0.717) is 37.5 Å².